The molecule has 9 heteroatoms. The number of ether oxygens (including phenoxy) is 1. The Labute approximate surface area is 108 Å². The van der Waals surface area contributed by atoms with Gasteiger partial charge in [-0.3, -0.25) is 4.79 Å². The van der Waals surface area contributed by atoms with E-state index in [0.717, 1.165) is 0 Å². The average Bonchev–Trinajstić information content (AvgIpc) is 2.37. The van der Waals surface area contributed by atoms with Gasteiger partial charge in [0, 0.05) is 6.54 Å². The highest BCUT2D eigenvalue weighted by molar-refractivity contribution is 5.86. The average molecular weight is 271 g/mol. The van der Waals surface area contributed by atoms with Gasteiger partial charge < -0.3 is 25.2 Å². The van der Waals surface area contributed by atoms with Crippen molar-refractivity contribution < 1.29 is 29.3 Å². The zero-order valence-corrected chi connectivity index (χ0v) is 9.90. The summed E-state index contributed by atoms with van der Waals surface area (Å²) in [4.78, 5) is 34.2. The highest BCUT2D eigenvalue weighted by Gasteiger charge is 2.28. The molecule has 19 heavy (non-hydrogen) atoms. The van der Waals surface area contributed by atoms with Crippen LogP contribution in [0.3, 0.4) is 0 Å². The molecular formula is C10H13N3O6. The number of hydrogen-bond acceptors (Lipinski definition) is 5. The van der Waals surface area contributed by atoms with Gasteiger partial charge in [-0.05, 0) is 0 Å². The standard InChI is InChI=1S/C10H13N3O6/c11-4-6-5-13(1-2-19-6)10(18)12-7(9(16)17)3-8(14)15/h6-7H,1-3,5H2,(H,12,18)(H,14,15)(H,16,17)/t6?,7-/m1/s1. The van der Waals surface area contributed by atoms with E-state index in [1.807, 2.05) is 6.07 Å². The number of carboxylic acid groups (broad SMARTS) is 2. The van der Waals surface area contributed by atoms with E-state index in [0.29, 0.717) is 0 Å². The number of carbonyl (C=O) groups excluding carboxylic acids is 1. The Bertz CT molecular complexity index is 418. The topological polar surface area (TPSA) is 140 Å². The van der Waals surface area contributed by atoms with Gasteiger partial charge in [-0.1, -0.05) is 0 Å². The number of nitriles is 1. The van der Waals surface area contributed by atoms with E-state index in [-0.39, 0.29) is 19.7 Å². The van der Waals surface area contributed by atoms with E-state index in [1.54, 1.807) is 0 Å². The third-order valence-corrected chi connectivity index (χ3v) is 2.47. The molecule has 1 saturated heterocycles. The van der Waals surface area contributed by atoms with Crippen LogP contribution in [0.4, 0.5) is 4.79 Å². The van der Waals surface area contributed by atoms with Crippen molar-refractivity contribution in [2.45, 2.75) is 18.6 Å². The molecule has 1 unspecified atom stereocenters. The highest BCUT2D eigenvalue weighted by Crippen LogP contribution is 2.05. The summed E-state index contributed by atoms with van der Waals surface area (Å²) in [7, 11) is 0. The normalized spacial score (nSPS) is 20.2. The number of nitrogens with one attached hydrogen (secondary N) is 1. The maximum Gasteiger partial charge on any atom is 0.326 e. The van der Waals surface area contributed by atoms with Gasteiger partial charge in [-0.2, -0.15) is 5.26 Å². The molecule has 1 aliphatic heterocycles. The predicted octanol–water partition coefficient (Wildman–Crippen LogP) is -1.15. The number of rotatable bonds is 4. The molecule has 0 aromatic carbocycles. The fourth-order valence-corrected chi connectivity index (χ4v) is 1.53. The summed E-state index contributed by atoms with van der Waals surface area (Å²) in [5, 5.41) is 28.1. The zero-order chi connectivity index (χ0) is 14.4. The Hall–Kier alpha value is -2.34. The van der Waals surface area contributed by atoms with E-state index >= 15 is 0 Å². The number of carboxylic acids is 2. The third kappa shape index (κ3) is 4.44. The van der Waals surface area contributed by atoms with Gasteiger partial charge in [0.05, 0.1) is 25.6 Å². The smallest absolute Gasteiger partial charge is 0.326 e. The summed E-state index contributed by atoms with van der Waals surface area (Å²) < 4.78 is 5.03. The molecular weight excluding hydrogens is 258 g/mol. The van der Waals surface area contributed by atoms with Crippen molar-refractivity contribution in [3.8, 4) is 6.07 Å². The predicted molar refractivity (Wildman–Crippen MR) is 59.1 cm³/mol. The first-order valence-corrected chi connectivity index (χ1v) is 5.45. The second kappa shape index (κ2) is 6.55. The molecule has 1 fully saturated rings. The summed E-state index contributed by atoms with van der Waals surface area (Å²) in [5.41, 5.74) is 0. The number of morpholine rings is 1. The van der Waals surface area contributed by atoms with E-state index in [4.69, 9.17) is 20.2 Å². The second-order valence-corrected chi connectivity index (χ2v) is 3.87. The van der Waals surface area contributed by atoms with Gasteiger partial charge in [-0.25, -0.2) is 9.59 Å². The van der Waals surface area contributed by atoms with Crippen molar-refractivity contribution in [1.29, 1.82) is 5.26 Å². The van der Waals surface area contributed by atoms with Crippen LogP contribution in [0.25, 0.3) is 0 Å². The lowest BCUT2D eigenvalue weighted by Gasteiger charge is -2.30. The van der Waals surface area contributed by atoms with Gasteiger partial charge in [0.25, 0.3) is 0 Å². The summed E-state index contributed by atoms with van der Waals surface area (Å²) in [6.45, 7) is 0.396. The van der Waals surface area contributed by atoms with Gasteiger partial charge in [0.1, 0.15) is 6.04 Å². The van der Waals surface area contributed by atoms with Crippen LogP contribution >= 0.6 is 0 Å². The Balaban J connectivity index is 2.59. The minimum absolute atomic E-state index is 0.0156. The number of carbonyl (C=O) groups is 3. The molecule has 1 rings (SSSR count). The third-order valence-electron chi connectivity index (χ3n) is 2.47. The van der Waals surface area contributed by atoms with E-state index in [9.17, 15) is 14.4 Å². The largest absolute Gasteiger partial charge is 0.481 e. The summed E-state index contributed by atoms with van der Waals surface area (Å²) in [5.74, 6) is -2.76. The highest BCUT2D eigenvalue weighted by atomic mass is 16.5. The van der Waals surface area contributed by atoms with Crippen LogP contribution in [-0.4, -0.2) is 64.9 Å². The van der Waals surface area contributed by atoms with Crippen LogP contribution in [0.15, 0.2) is 0 Å². The molecule has 0 aliphatic carbocycles. The quantitative estimate of drug-likeness (QED) is 0.586. The van der Waals surface area contributed by atoms with Crippen LogP contribution in [0.1, 0.15) is 6.42 Å². The fourth-order valence-electron chi connectivity index (χ4n) is 1.53. The molecule has 104 valence electrons. The van der Waals surface area contributed by atoms with Crippen molar-refractivity contribution in [2.24, 2.45) is 0 Å². The van der Waals surface area contributed by atoms with Crippen molar-refractivity contribution >= 4 is 18.0 Å². The number of nitrogens with zero attached hydrogens (tertiary/aromatic N) is 2. The van der Waals surface area contributed by atoms with Crippen LogP contribution < -0.4 is 5.32 Å². The van der Waals surface area contributed by atoms with Crippen molar-refractivity contribution in [3.05, 3.63) is 0 Å². The van der Waals surface area contributed by atoms with Gasteiger partial charge >= 0.3 is 18.0 Å². The molecule has 0 saturated carbocycles. The minimum atomic E-state index is -1.51. The molecule has 2 amide bonds. The first-order chi connectivity index (χ1) is 8.93. The first-order valence-electron chi connectivity index (χ1n) is 5.45. The molecule has 0 aromatic heterocycles. The Morgan fingerprint density at radius 3 is 2.68 bits per heavy atom. The fraction of sp³-hybridized carbons (Fsp3) is 0.600. The lowest BCUT2D eigenvalue weighted by molar-refractivity contribution is -0.145. The molecule has 0 aromatic rings. The molecule has 0 bridgehead atoms. The van der Waals surface area contributed by atoms with Crippen LogP contribution in [0.2, 0.25) is 0 Å². The van der Waals surface area contributed by atoms with Crippen LogP contribution in [-0.2, 0) is 14.3 Å². The van der Waals surface area contributed by atoms with Gasteiger partial charge in [0.2, 0.25) is 0 Å². The van der Waals surface area contributed by atoms with Crippen molar-refractivity contribution in [3.63, 3.8) is 0 Å². The number of aliphatic carboxylic acids is 2. The summed E-state index contributed by atoms with van der Waals surface area (Å²) in [6, 6.07) is -0.388. The SMILES string of the molecule is N#CC1CN(C(=O)N[C@H](CC(=O)O)C(=O)O)CCO1. The lowest BCUT2D eigenvalue weighted by Crippen LogP contribution is -2.53. The molecule has 1 aliphatic rings. The lowest BCUT2D eigenvalue weighted by atomic mass is 10.2. The Morgan fingerprint density at radius 1 is 1.47 bits per heavy atom. The minimum Gasteiger partial charge on any atom is -0.481 e. The summed E-state index contributed by atoms with van der Waals surface area (Å²) >= 11 is 0. The van der Waals surface area contributed by atoms with Crippen molar-refractivity contribution in [2.75, 3.05) is 19.7 Å². The first kappa shape index (κ1) is 14.7. The van der Waals surface area contributed by atoms with Gasteiger partial charge in [0.15, 0.2) is 6.10 Å². The maximum atomic E-state index is 11.7. The maximum absolute atomic E-state index is 11.7. The van der Waals surface area contributed by atoms with Crippen molar-refractivity contribution in [1.82, 2.24) is 10.2 Å². The van der Waals surface area contributed by atoms with E-state index in [1.165, 1.54) is 4.90 Å². The zero-order valence-electron chi connectivity index (χ0n) is 9.90. The molecule has 0 spiro atoms. The van der Waals surface area contributed by atoms with Gasteiger partial charge in [-0.15, -0.1) is 0 Å². The van der Waals surface area contributed by atoms with E-state index in [2.05, 4.69) is 5.32 Å². The number of amides is 2. The summed E-state index contributed by atoms with van der Waals surface area (Å²) in [6.07, 6.45) is -1.48. The molecule has 9 nitrogen and oxygen atoms in total. The number of hydrogen-bond donors (Lipinski definition) is 3. The molecule has 0 radical (unpaired) electrons. The number of urea groups is 1. The van der Waals surface area contributed by atoms with Crippen LogP contribution in [0, 0.1) is 11.3 Å². The second-order valence-electron chi connectivity index (χ2n) is 3.87. The molecule has 3 N–H and O–H groups in total. The van der Waals surface area contributed by atoms with Crippen LogP contribution in [0.5, 0.6) is 0 Å². The monoisotopic (exact) mass is 271 g/mol. The molecule has 1 heterocycles. The Morgan fingerprint density at radius 2 is 2.16 bits per heavy atom. The van der Waals surface area contributed by atoms with E-state index < -0.39 is 36.5 Å². The Kier molecular flexibility index (Phi) is 5.08. The molecule has 2 atom stereocenters.